The molecule has 0 N–H and O–H groups in total. The predicted molar refractivity (Wildman–Crippen MR) is 140 cm³/mol. The highest BCUT2D eigenvalue weighted by Gasteiger charge is 2.50. The van der Waals surface area contributed by atoms with E-state index in [0.717, 1.165) is 35.1 Å². The number of fused-ring (bicyclic) bond motifs is 1. The molecule has 7 heteroatoms. The van der Waals surface area contributed by atoms with E-state index in [9.17, 15) is 14.4 Å². The molecular formula is C30H30N2O5. The van der Waals surface area contributed by atoms with Crippen molar-refractivity contribution in [1.29, 1.82) is 0 Å². The van der Waals surface area contributed by atoms with Crippen molar-refractivity contribution < 1.29 is 23.9 Å². The molecule has 1 aliphatic carbocycles. The Morgan fingerprint density at radius 2 is 1.46 bits per heavy atom. The second kappa shape index (κ2) is 9.39. The highest BCUT2D eigenvalue weighted by molar-refractivity contribution is 6.02. The van der Waals surface area contributed by atoms with Gasteiger partial charge >= 0.3 is 0 Å². The zero-order valence-corrected chi connectivity index (χ0v) is 21.5. The lowest BCUT2D eigenvalue weighted by Gasteiger charge is -2.18. The zero-order chi connectivity index (χ0) is 26.3. The summed E-state index contributed by atoms with van der Waals surface area (Å²) in [5.41, 5.74) is 3.96. The molecule has 1 aliphatic heterocycles. The standard InChI is InChI=1S/C30H30N2O5/c1-31(2)28(34)21-8-6-20(7-9-21)24-15-19(5-11-23(24)29(35)32(3)4)16-27(33)30(13-14-30)22-10-12-25-26(17-22)37-18-36-25/h5-12,15,17H,13-14,16,18H2,1-4H3. The molecule has 1 heterocycles. The molecule has 0 unspecified atom stereocenters. The average molecular weight is 499 g/mol. The minimum Gasteiger partial charge on any atom is -0.454 e. The number of benzene rings is 3. The number of carbonyl (C=O) groups is 3. The Morgan fingerprint density at radius 3 is 2.11 bits per heavy atom. The van der Waals surface area contributed by atoms with Crippen LogP contribution in [0.4, 0.5) is 0 Å². The van der Waals surface area contributed by atoms with E-state index in [1.165, 1.54) is 9.80 Å². The number of nitrogens with zero attached hydrogens (tertiary/aromatic N) is 2. The molecule has 0 saturated heterocycles. The van der Waals surface area contributed by atoms with E-state index in [4.69, 9.17) is 9.47 Å². The average Bonchev–Trinajstić information content (AvgIpc) is 3.58. The van der Waals surface area contributed by atoms with Gasteiger partial charge in [-0.15, -0.1) is 0 Å². The Balaban J connectivity index is 1.45. The number of hydrogen-bond donors (Lipinski definition) is 0. The number of ether oxygens (including phenoxy) is 2. The van der Waals surface area contributed by atoms with Gasteiger partial charge in [0.2, 0.25) is 6.79 Å². The topological polar surface area (TPSA) is 76.1 Å². The van der Waals surface area contributed by atoms with E-state index < -0.39 is 5.41 Å². The van der Waals surface area contributed by atoms with Crippen LogP contribution in [0.3, 0.4) is 0 Å². The zero-order valence-electron chi connectivity index (χ0n) is 21.5. The van der Waals surface area contributed by atoms with Gasteiger partial charge in [-0.1, -0.05) is 24.3 Å². The largest absolute Gasteiger partial charge is 0.454 e. The van der Waals surface area contributed by atoms with Crippen LogP contribution in [0.5, 0.6) is 11.5 Å². The third kappa shape index (κ3) is 4.57. The summed E-state index contributed by atoms with van der Waals surface area (Å²) in [6.07, 6.45) is 1.86. The van der Waals surface area contributed by atoms with Crippen LogP contribution < -0.4 is 9.47 Å². The second-order valence-corrected chi connectivity index (χ2v) is 10.1. The molecule has 1 saturated carbocycles. The smallest absolute Gasteiger partial charge is 0.253 e. The van der Waals surface area contributed by atoms with Crippen LogP contribution in [-0.4, -0.2) is 62.4 Å². The molecule has 0 spiro atoms. The first kappa shape index (κ1) is 24.6. The Kier molecular flexibility index (Phi) is 6.23. The second-order valence-electron chi connectivity index (χ2n) is 10.1. The van der Waals surface area contributed by atoms with Crippen molar-refractivity contribution in [2.45, 2.75) is 24.7 Å². The van der Waals surface area contributed by atoms with Gasteiger partial charge in [0.25, 0.3) is 11.8 Å². The fourth-order valence-corrected chi connectivity index (χ4v) is 4.82. The number of rotatable bonds is 7. The number of carbonyl (C=O) groups excluding carboxylic acids is 3. The van der Waals surface area contributed by atoms with Gasteiger partial charge in [0.1, 0.15) is 5.78 Å². The Labute approximate surface area is 216 Å². The molecule has 0 atom stereocenters. The van der Waals surface area contributed by atoms with Gasteiger partial charge in [0.15, 0.2) is 11.5 Å². The molecule has 3 aromatic carbocycles. The maximum atomic E-state index is 13.6. The van der Waals surface area contributed by atoms with Crippen LogP contribution in [-0.2, 0) is 16.6 Å². The molecule has 1 fully saturated rings. The number of amides is 2. The monoisotopic (exact) mass is 498 g/mol. The minimum absolute atomic E-state index is 0.0891. The van der Waals surface area contributed by atoms with Crippen LogP contribution in [0.25, 0.3) is 11.1 Å². The van der Waals surface area contributed by atoms with Gasteiger partial charge in [0.05, 0.1) is 5.41 Å². The normalized spacial score (nSPS) is 14.7. The molecule has 190 valence electrons. The summed E-state index contributed by atoms with van der Waals surface area (Å²) < 4.78 is 10.9. The van der Waals surface area contributed by atoms with Gasteiger partial charge in [-0.3, -0.25) is 14.4 Å². The Bertz CT molecular complexity index is 1390. The Morgan fingerprint density at radius 1 is 0.784 bits per heavy atom. The first-order chi connectivity index (χ1) is 17.7. The summed E-state index contributed by atoms with van der Waals surface area (Å²) in [7, 11) is 6.84. The molecule has 2 amide bonds. The first-order valence-corrected chi connectivity index (χ1v) is 12.3. The molecule has 0 bridgehead atoms. The summed E-state index contributed by atoms with van der Waals surface area (Å²) >= 11 is 0. The van der Waals surface area contributed by atoms with E-state index in [-0.39, 0.29) is 30.8 Å². The molecule has 5 rings (SSSR count). The van der Waals surface area contributed by atoms with Crippen LogP contribution in [0.1, 0.15) is 44.7 Å². The number of ketones is 1. The summed E-state index contributed by atoms with van der Waals surface area (Å²) in [6, 6.07) is 18.5. The van der Waals surface area contributed by atoms with Crippen molar-refractivity contribution in [1.82, 2.24) is 9.80 Å². The van der Waals surface area contributed by atoms with Gasteiger partial charge in [-0.25, -0.2) is 0 Å². The van der Waals surface area contributed by atoms with Crippen molar-refractivity contribution in [2.75, 3.05) is 35.0 Å². The molecule has 37 heavy (non-hydrogen) atoms. The molecular weight excluding hydrogens is 468 g/mol. The van der Waals surface area contributed by atoms with Crippen molar-refractivity contribution in [3.63, 3.8) is 0 Å². The minimum atomic E-state index is -0.506. The van der Waals surface area contributed by atoms with Crippen LogP contribution in [0.15, 0.2) is 60.7 Å². The van der Waals surface area contributed by atoms with E-state index in [2.05, 4.69) is 0 Å². The van der Waals surface area contributed by atoms with Crippen LogP contribution >= 0.6 is 0 Å². The van der Waals surface area contributed by atoms with E-state index >= 15 is 0 Å². The molecule has 3 aromatic rings. The van der Waals surface area contributed by atoms with Gasteiger partial charge in [-0.05, 0) is 71.5 Å². The summed E-state index contributed by atoms with van der Waals surface area (Å²) in [5, 5.41) is 0. The highest BCUT2D eigenvalue weighted by Crippen LogP contribution is 2.51. The summed E-state index contributed by atoms with van der Waals surface area (Å²) in [4.78, 5) is 41.9. The van der Waals surface area contributed by atoms with E-state index in [1.807, 2.05) is 42.5 Å². The molecule has 7 nitrogen and oxygen atoms in total. The van der Waals surface area contributed by atoms with Gasteiger partial charge in [-0.2, -0.15) is 0 Å². The van der Waals surface area contributed by atoms with Crippen molar-refractivity contribution in [3.05, 3.63) is 82.9 Å². The SMILES string of the molecule is CN(C)C(=O)c1ccc(-c2cc(CC(=O)C3(c4ccc5c(c4)OCO5)CC3)ccc2C(=O)N(C)C)cc1. The Hall–Kier alpha value is -4.13. The van der Waals surface area contributed by atoms with Gasteiger partial charge < -0.3 is 19.3 Å². The maximum absolute atomic E-state index is 13.6. The summed E-state index contributed by atoms with van der Waals surface area (Å²) in [5.74, 6) is 1.32. The molecule has 0 radical (unpaired) electrons. The first-order valence-electron chi connectivity index (χ1n) is 12.3. The summed E-state index contributed by atoms with van der Waals surface area (Å²) in [6.45, 7) is 0.199. The quantitative estimate of drug-likeness (QED) is 0.485. The third-order valence-electron chi connectivity index (χ3n) is 7.14. The van der Waals surface area contributed by atoms with E-state index in [1.54, 1.807) is 46.4 Å². The number of hydrogen-bond acceptors (Lipinski definition) is 5. The van der Waals surface area contributed by atoms with Crippen LogP contribution in [0, 0.1) is 0 Å². The van der Waals surface area contributed by atoms with Crippen LogP contribution in [0.2, 0.25) is 0 Å². The van der Waals surface area contributed by atoms with Crippen molar-refractivity contribution >= 4 is 17.6 Å². The van der Waals surface area contributed by atoms with Crippen molar-refractivity contribution in [3.8, 4) is 22.6 Å². The highest BCUT2D eigenvalue weighted by atomic mass is 16.7. The van der Waals surface area contributed by atoms with Crippen molar-refractivity contribution in [2.24, 2.45) is 0 Å². The lowest BCUT2D eigenvalue weighted by Crippen LogP contribution is -2.24. The van der Waals surface area contributed by atoms with Gasteiger partial charge in [0, 0.05) is 45.7 Å². The lowest BCUT2D eigenvalue weighted by molar-refractivity contribution is -0.120. The number of Topliss-reactive ketones (excluding diaryl/α,β-unsaturated/α-hetero) is 1. The fraction of sp³-hybridized carbons (Fsp3) is 0.300. The fourth-order valence-electron chi connectivity index (χ4n) is 4.82. The molecule has 2 aliphatic rings. The predicted octanol–water partition coefficient (Wildman–Crippen LogP) is 4.33. The van der Waals surface area contributed by atoms with E-state index in [0.29, 0.717) is 22.6 Å². The lowest BCUT2D eigenvalue weighted by atomic mass is 9.86. The molecule has 0 aromatic heterocycles. The third-order valence-corrected chi connectivity index (χ3v) is 7.14. The maximum Gasteiger partial charge on any atom is 0.253 e.